The summed E-state index contributed by atoms with van der Waals surface area (Å²) in [5, 5.41) is 0. The second kappa shape index (κ2) is 7.70. The van der Waals surface area contributed by atoms with Crippen molar-refractivity contribution >= 4 is 17.9 Å². The van der Waals surface area contributed by atoms with Crippen LogP contribution < -0.4 is 0 Å². The van der Waals surface area contributed by atoms with Crippen molar-refractivity contribution in [3.8, 4) is 0 Å². The van der Waals surface area contributed by atoms with E-state index in [0.29, 0.717) is 0 Å². The second-order valence-corrected chi connectivity index (χ2v) is 4.28. The maximum Gasteiger partial charge on any atom is 0.178 e. The normalized spacial score (nSPS) is 11.6. The second-order valence-electron chi connectivity index (χ2n) is 4.28. The molecule has 2 aromatic carbocycles. The molecule has 0 fully saturated rings. The predicted octanol–water partition coefficient (Wildman–Crippen LogP) is 4.54. The molecule has 1 nitrogen and oxygen atoms in total. The number of allylic oxidation sites excluding steroid dienone is 4. The van der Waals surface area contributed by atoms with Crippen LogP contribution in [0.25, 0.3) is 12.2 Å². The molecular formula is C19H16O. The van der Waals surface area contributed by atoms with Gasteiger partial charge in [-0.1, -0.05) is 85.0 Å². The highest BCUT2D eigenvalue weighted by atomic mass is 16.1. The Morgan fingerprint density at radius 2 is 1.20 bits per heavy atom. The molecule has 0 unspecified atom stereocenters. The molecule has 0 saturated carbocycles. The van der Waals surface area contributed by atoms with Crippen LogP contribution in [0, 0.1) is 0 Å². The average Bonchev–Trinajstić information content (AvgIpc) is 2.52. The quantitative estimate of drug-likeness (QED) is 0.570. The molecule has 1 heteroatoms. The SMILES string of the molecule is O=C(/C=C\c1ccccc1)/C=C/C=C/c1ccccc1. The number of rotatable bonds is 5. The number of carbonyl (C=O) groups is 1. The Bertz CT molecular complexity index is 619. The third kappa shape index (κ3) is 4.91. The molecule has 0 aromatic heterocycles. The van der Waals surface area contributed by atoms with E-state index in [0.717, 1.165) is 11.1 Å². The number of carbonyl (C=O) groups excluding carboxylic acids is 1. The van der Waals surface area contributed by atoms with Gasteiger partial charge in [0, 0.05) is 0 Å². The van der Waals surface area contributed by atoms with E-state index in [4.69, 9.17) is 0 Å². The number of hydrogen-bond donors (Lipinski definition) is 0. The molecule has 0 bridgehead atoms. The zero-order valence-electron chi connectivity index (χ0n) is 11.1. The average molecular weight is 260 g/mol. The molecule has 0 N–H and O–H groups in total. The number of ketones is 1. The third-order valence-corrected chi connectivity index (χ3v) is 2.70. The first-order valence-electron chi connectivity index (χ1n) is 6.51. The van der Waals surface area contributed by atoms with E-state index in [1.807, 2.05) is 78.9 Å². The first kappa shape index (κ1) is 13.8. The molecule has 0 aliphatic heterocycles. The monoisotopic (exact) mass is 260 g/mol. The first-order valence-corrected chi connectivity index (χ1v) is 6.51. The van der Waals surface area contributed by atoms with Crippen molar-refractivity contribution in [1.82, 2.24) is 0 Å². The van der Waals surface area contributed by atoms with Crippen LogP contribution in [0.2, 0.25) is 0 Å². The van der Waals surface area contributed by atoms with E-state index in [1.165, 1.54) is 0 Å². The molecule has 20 heavy (non-hydrogen) atoms. The zero-order valence-corrected chi connectivity index (χ0v) is 11.1. The van der Waals surface area contributed by atoms with E-state index in [9.17, 15) is 4.79 Å². The van der Waals surface area contributed by atoms with Crippen LogP contribution >= 0.6 is 0 Å². The molecule has 98 valence electrons. The van der Waals surface area contributed by atoms with E-state index in [1.54, 1.807) is 18.2 Å². The minimum absolute atomic E-state index is 0.0217. The summed E-state index contributed by atoms with van der Waals surface area (Å²) in [7, 11) is 0. The van der Waals surface area contributed by atoms with Gasteiger partial charge in [0.2, 0.25) is 0 Å². The Morgan fingerprint density at radius 3 is 1.80 bits per heavy atom. The highest BCUT2D eigenvalue weighted by Crippen LogP contribution is 2.02. The summed E-state index contributed by atoms with van der Waals surface area (Å²) >= 11 is 0. The summed E-state index contributed by atoms with van der Waals surface area (Å²) in [5.41, 5.74) is 2.14. The standard InChI is InChI=1S/C19H16O/c20-19(16-15-18-11-5-2-6-12-18)14-8-7-13-17-9-3-1-4-10-17/h1-16H/b13-7+,14-8+,16-15-. The van der Waals surface area contributed by atoms with Crippen molar-refractivity contribution < 1.29 is 4.79 Å². The molecule has 0 spiro atoms. The minimum Gasteiger partial charge on any atom is -0.290 e. The van der Waals surface area contributed by atoms with Crippen molar-refractivity contribution in [2.75, 3.05) is 0 Å². The molecule has 0 atom stereocenters. The van der Waals surface area contributed by atoms with Gasteiger partial charge in [-0.15, -0.1) is 0 Å². The molecule has 0 amide bonds. The Balaban J connectivity index is 1.87. The van der Waals surface area contributed by atoms with Gasteiger partial charge in [-0.05, 0) is 23.3 Å². The van der Waals surface area contributed by atoms with Gasteiger partial charge in [0.15, 0.2) is 5.78 Å². The topological polar surface area (TPSA) is 17.1 Å². The molecule has 2 aromatic rings. The van der Waals surface area contributed by atoms with Gasteiger partial charge in [0.05, 0.1) is 0 Å². The van der Waals surface area contributed by atoms with Crippen molar-refractivity contribution in [2.24, 2.45) is 0 Å². The number of benzene rings is 2. The molecule has 0 saturated heterocycles. The lowest BCUT2D eigenvalue weighted by atomic mass is 10.2. The third-order valence-electron chi connectivity index (χ3n) is 2.70. The summed E-state index contributed by atoms with van der Waals surface area (Å²) in [4.78, 5) is 11.6. The highest BCUT2D eigenvalue weighted by Gasteiger charge is 1.88. The number of hydrogen-bond acceptors (Lipinski definition) is 1. The van der Waals surface area contributed by atoms with Gasteiger partial charge in [-0.2, -0.15) is 0 Å². The Labute approximate surface area is 119 Å². The molecule has 2 rings (SSSR count). The molecule has 0 aliphatic rings. The first-order chi connectivity index (χ1) is 9.84. The maximum absolute atomic E-state index is 11.6. The highest BCUT2D eigenvalue weighted by molar-refractivity contribution is 6.02. The van der Waals surface area contributed by atoms with Crippen molar-refractivity contribution in [3.63, 3.8) is 0 Å². The lowest BCUT2D eigenvalue weighted by Gasteiger charge is -1.89. The summed E-state index contributed by atoms with van der Waals surface area (Å²) < 4.78 is 0. The van der Waals surface area contributed by atoms with E-state index in [-0.39, 0.29) is 5.78 Å². The smallest absolute Gasteiger partial charge is 0.178 e. The van der Waals surface area contributed by atoms with E-state index in [2.05, 4.69) is 0 Å². The van der Waals surface area contributed by atoms with E-state index < -0.39 is 0 Å². The van der Waals surface area contributed by atoms with Crippen LogP contribution in [-0.2, 0) is 4.79 Å². The minimum atomic E-state index is -0.0217. The summed E-state index contributed by atoms with van der Waals surface area (Å²) in [6.45, 7) is 0. The lowest BCUT2D eigenvalue weighted by Crippen LogP contribution is -1.83. The largest absolute Gasteiger partial charge is 0.290 e. The zero-order chi connectivity index (χ0) is 14.0. The van der Waals surface area contributed by atoms with Crippen molar-refractivity contribution in [1.29, 1.82) is 0 Å². The summed E-state index contributed by atoms with van der Waals surface area (Å²) in [5.74, 6) is -0.0217. The molecular weight excluding hydrogens is 244 g/mol. The van der Waals surface area contributed by atoms with Crippen molar-refractivity contribution in [3.05, 3.63) is 96.1 Å². The molecule has 0 heterocycles. The summed E-state index contributed by atoms with van der Waals surface area (Å²) in [6, 6.07) is 19.7. The fourth-order valence-corrected chi connectivity index (χ4v) is 1.68. The van der Waals surface area contributed by atoms with Crippen molar-refractivity contribution in [2.45, 2.75) is 0 Å². The van der Waals surface area contributed by atoms with Crippen LogP contribution in [0.3, 0.4) is 0 Å². The van der Waals surface area contributed by atoms with Gasteiger partial charge >= 0.3 is 0 Å². The lowest BCUT2D eigenvalue weighted by molar-refractivity contribution is -0.110. The Hall–Kier alpha value is -2.67. The predicted molar refractivity (Wildman–Crippen MR) is 85.1 cm³/mol. The molecule has 0 aliphatic carbocycles. The van der Waals surface area contributed by atoms with Gasteiger partial charge in [-0.25, -0.2) is 0 Å². The van der Waals surface area contributed by atoms with Gasteiger partial charge < -0.3 is 0 Å². The van der Waals surface area contributed by atoms with E-state index >= 15 is 0 Å². The fraction of sp³-hybridized carbons (Fsp3) is 0. The van der Waals surface area contributed by atoms with Crippen LogP contribution in [0.15, 0.2) is 85.0 Å². The maximum atomic E-state index is 11.6. The molecule has 0 radical (unpaired) electrons. The van der Waals surface area contributed by atoms with Gasteiger partial charge in [-0.3, -0.25) is 4.79 Å². The summed E-state index contributed by atoms with van der Waals surface area (Å²) in [6.07, 6.45) is 10.5. The van der Waals surface area contributed by atoms with Gasteiger partial charge in [0.25, 0.3) is 0 Å². The van der Waals surface area contributed by atoms with Gasteiger partial charge in [0.1, 0.15) is 0 Å². The fourth-order valence-electron chi connectivity index (χ4n) is 1.68. The Kier molecular flexibility index (Phi) is 5.29. The van der Waals surface area contributed by atoms with Crippen LogP contribution in [0.1, 0.15) is 11.1 Å². The van der Waals surface area contributed by atoms with Crippen LogP contribution in [0.5, 0.6) is 0 Å². The Morgan fingerprint density at radius 1 is 0.650 bits per heavy atom. The van der Waals surface area contributed by atoms with Crippen LogP contribution in [-0.4, -0.2) is 5.78 Å². The van der Waals surface area contributed by atoms with Crippen LogP contribution in [0.4, 0.5) is 0 Å².